The summed E-state index contributed by atoms with van der Waals surface area (Å²) in [5.74, 6) is 0.505. The highest BCUT2D eigenvalue weighted by atomic mass is 32.2. The number of hydrogen-bond donors (Lipinski definition) is 0. The van der Waals surface area contributed by atoms with Crippen LogP contribution in [-0.2, 0) is 0 Å². The van der Waals surface area contributed by atoms with Gasteiger partial charge in [0.1, 0.15) is 0 Å². The number of methoxy groups -OCH3 is 1. The fourth-order valence-corrected chi connectivity index (χ4v) is 2.28. The number of ether oxygens (including phenoxy) is 1. The maximum absolute atomic E-state index is 12.1. The number of Topliss-reactive ketones (excluding diaryl/α,β-unsaturated/α-hetero) is 1. The van der Waals surface area contributed by atoms with Crippen LogP contribution in [0.25, 0.3) is 0 Å². The van der Waals surface area contributed by atoms with Gasteiger partial charge in [-0.3, -0.25) is 4.79 Å². The summed E-state index contributed by atoms with van der Waals surface area (Å²) in [4.78, 5) is 21.1. The maximum atomic E-state index is 12.1. The number of thioether (sulfide) groups is 1. The number of ketones is 1. The van der Waals surface area contributed by atoms with Gasteiger partial charge in [-0.2, -0.15) is 0 Å². The summed E-state index contributed by atoms with van der Waals surface area (Å²) in [7, 11) is 1.48. The molecule has 0 saturated carbocycles. The average molecular weight is 274 g/mol. The second kappa shape index (κ2) is 6.33. The second-order valence-corrected chi connectivity index (χ2v) is 4.99. The molecule has 2 rings (SSSR count). The lowest BCUT2D eigenvalue weighted by molar-refractivity contribution is 0.101. The van der Waals surface area contributed by atoms with Crippen molar-refractivity contribution in [3.05, 3.63) is 47.9 Å². The molecular weight excluding hydrogens is 260 g/mol. The van der Waals surface area contributed by atoms with Gasteiger partial charge in [-0.1, -0.05) is 17.7 Å². The van der Waals surface area contributed by atoms with E-state index in [9.17, 15) is 4.79 Å². The lowest BCUT2D eigenvalue weighted by atomic mass is 10.2. The molecule has 2 aromatic rings. The van der Waals surface area contributed by atoms with Crippen molar-refractivity contribution in [2.75, 3.05) is 12.9 Å². The first kappa shape index (κ1) is 13.5. The molecule has 0 radical (unpaired) electrons. The molecule has 98 valence electrons. The van der Waals surface area contributed by atoms with Crippen LogP contribution in [0.15, 0.2) is 41.6 Å². The van der Waals surface area contributed by atoms with E-state index in [4.69, 9.17) is 4.74 Å². The highest BCUT2D eigenvalue weighted by molar-refractivity contribution is 8.00. The molecule has 0 bridgehead atoms. The Bertz CT molecular complexity index is 570. The van der Waals surface area contributed by atoms with E-state index in [0.29, 0.717) is 5.75 Å². The third-order valence-corrected chi connectivity index (χ3v) is 3.53. The molecule has 0 fully saturated rings. The smallest absolute Gasteiger partial charge is 0.243 e. The van der Waals surface area contributed by atoms with Crippen LogP contribution in [0.5, 0.6) is 5.88 Å². The largest absolute Gasteiger partial charge is 0.479 e. The van der Waals surface area contributed by atoms with E-state index in [-0.39, 0.29) is 17.4 Å². The van der Waals surface area contributed by atoms with E-state index in [1.807, 2.05) is 31.2 Å². The zero-order valence-corrected chi connectivity index (χ0v) is 11.6. The minimum Gasteiger partial charge on any atom is -0.479 e. The van der Waals surface area contributed by atoms with Crippen molar-refractivity contribution in [2.24, 2.45) is 0 Å². The zero-order chi connectivity index (χ0) is 13.7. The third-order valence-electron chi connectivity index (χ3n) is 2.51. The van der Waals surface area contributed by atoms with Crippen LogP contribution in [0, 0.1) is 6.92 Å². The molecule has 1 aromatic heterocycles. The Hall–Kier alpha value is -1.88. The molecule has 0 aliphatic carbocycles. The Morgan fingerprint density at radius 3 is 2.58 bits per heavy atom. The van der Waals surface area contributed by atoms with Crippen molar-refractivity contribution in [1.29, 1.82) is 0 Å². The van der Waals surface area contributed by atoms with Gasteiger partial charge in [-0.05, 0) is 19.1 Å². The molecule has 0 aliphatic rings. The van der Waals surface area contributed by atoms with Gasteiger partial charge in [0.25, 0.3) is 0 Å². The van der Waals surface area contributed by atoms with E-state index >= 15 is 0 Å². The van der Waals surface area contributed by atoms with Crippen LogP contribution >= 0.6 is 11.8 Å². The summed E-state index contributed by atoms with van der Waals surface area (Å²) in [5, 5.41) is 0. The van der Waals surface area contributed by atoms with Crippen molar-refractivity contribution in [2.45, 2.75) is 11.8 Å². The van der Waals surface area contributed by atoms with E-state index in [2.05, 4.69) is 9.97 Å². The van der Waals surface area contributed by atoms with Crippen LogP contribution in [0.1, 0.15) is 16.1 Å². The molecule has 4 nitrogen and oxygen atoms in total. The van der Waals surface area contributed by atoms with E-state index in [0.717, 1.165) is 4.90 Å². The fraction of sp³-hybridized carbons (Fsp3) is 0.214. The van der Waals surface area contributed by atoms with Crippen LogP contribution in [-0.4, -0.2) is 28.6 Å². The van der Waals surface area contributed by atoms with Crippen LogP contribution in [0.2, 0.25) is 0 Å². The number of carbonyl (C=O) groups excluding carboxylic acids is 1. The van der Waals surface area contributed by atoms with Gasteiger partial charge in [0, 0.05) is 17.3 Å². The lowest BCUT2D eigenvalue weighted by Gasteiger charge is -2.05. The lowest BCUT2D eigenvalue weighted by Crippen LogP contribution is -2.08. The summed E-state index contributed by atoms with van der Waals surface area (Å²) in [6, 6.07) is 8.05. The summed E-state index contributed by atoms with van der Waals surface area (Å²) in [5.41, 5.74) is 1.48. The monoisotopic (exact) mass is 274 g/mol. The standard InChI is InChI=1S/C14H14N2O2S/c1-10-3-5-11(6-4-10)19-9-12(17)13-14(18-2)16-8-7-15-13/h3-8H,9H2,1-2H3. The third kappa shape index (κ3) is 3.54. The molecule has 0 amide bonds. The summed E-state index contributed by atoms with van der Waals surface area (Å²) in [6.07, 6.45) is 3.00. The van der Waals surface area contributed by atoms with Gasteiger partial charge in [0.2, 0.25) is 5.88 Å². The Morgan fingerprint density at radius 1 is 1.21 bits per heavy atom. The van der Waals surface area contributed by atoms with E-state index in [1.165, 1.54) is 36.8 Å². The number of hydrogen-bond acceptors (Lipinski definition) is 5. The normalized spacial score (nSPS) is 10.2. The number of benzene rings is 1. The first-order chi connectivity index (χ1) is 9.20. The minimum absolute atomic E-state index is 0.0875. The van der Waals surface area contributed by atoms with E-state index < -0.39 is 0 Å². The molecule has 1 heterocycles. The van der Waals surface area contributed by atoms with Crippen molar-refractivity contribution in [3.8, 4) is 5.88 Å². The zero-order valence-electron chi connectivity index (χ0n) is 10.8. The number of aromatic nitrogens is 2. The van der Waals surface area contributed by atoms with Gasteiger partial charge in [-0.15, -0.1) is 11.8 Å². The maximum Gasteiger partial charge on any atom is 0.243 e. The average Bonchev–Trinajstić information content (AvgIpc) is 2.46. The van der Waals surface area contributed by atoms with Gasteiger partial charge < -0.3 is 4.74 Å². The molecule has 0 unspecified atom stereocenters. The summed E-state index contributed by atoms with van der Waals surface area (Å²) in [6.45, 7) is 2.03. The highest BCUT2D eigenvalue weighted by Gasteiger charge is 2.14. The van der Waals surface area contributed by atoms with Crippen molar-refractivity contribution < 1.29 is 9.53 Å². The molecule has 1 aromatic carbocycles. The Balaban J connectivity index is 2.03. The molecule has 19 heavy (non-hydrogen) atoms. The Labute approximate surface area is 116 Å². The second-order valence-electron chi connectivity index (χ2n) is 3.94. The minimum atomic E-state index is -0.0875. The molecule has 0 N–H and O–H groups in total. The molecular formula is C14H14N2O2S. The number of aryl methyl sites for hydroxylation is 1. The van der Waals surface area contributed by atoms with Gasteiger partial charge in [0.15, 0.2) is 11.5 Å². The summed E-state index contributed by atoms with van der Waals surface area (Å²) < 4.78 is 5.03. The molecule has 5 heteroatoms. The number of rotatable bonds is 5. The van der Waals surface area contributed by atoms with Crippen molar-refractivity contribution in [1.82, 2.24) is 9.97 Å². The predicted molar refractivity (Wildman–Crippen MR) is 74.8 cm³/mol. The van der Waals surface area contributed by atoms with Gasteiger partial charge in [-0.25, -0.2) is 9.97 Å². The SMILES string of the molecule is COc1nccnc1C(=O)CSc1ccc(C)cc1. The highest BCUT2D eigenvalue weighted by Crippen LogP contribution is 2.21. The van der Waals surface area contributed by atoms with Crippen LogP contribution in [0.3, 0.4) is 0 Å². The van der Waals surface area contributed by atoms with E-state index in [1.54, 1.807) is 0 Å². The first-order valence-electron chi connectivity index (χ1n) is 5.78. The van der Waals surface area contributed by atoms with Crippen LogP contribution in [0.4, 0.5) is 0 Å². The topological polar surface area (TPSA) is 52.1 Å². The quantitative estimate of drug-likeness (QED) is 0.620. The van der Waals surface area contributed by atoms with Crippen LogP contribution < -0.4 is 4.74 Å². The number of carbonyl (C=O) groups is 1. The predicted octanol–water partition coefficient (Wildman–Crippen LogP) is 2.77. The first-order valence-corrected chi connectivity index (χ1v) is 6.77. The molecule has 0 spiro atoms. The van der Waals surface area contributed by atoms with Gasteiger partial charge in [0.05, 0.1) is 12.9 Å². The Morgan fingerprint density at radius 2 is 1.89 bits per heavy atom. The summed E-state index contributed by atoms with van der Waals surface area (Å²) >= 11 is 1.48. The number of nitrogens with zero attached hydrogens (tertiary/aromatic N) is 2. The van der Waals surface area contributed by atoms with Gasteiger partial charge >= 0.3 is 0 Å². The van der Waals surface area contributed by atoms with Crippen molar-refractivity contribution >= 4 is 17.5 Å². The molecule has 0 atom stereocenters. The van der Waals surface area contributed by atoms with Crippen molar-refractivity contribution in [3.63, 3.8) is 0 Å². The molecule has 0 saturated heterocycles. The Kier molecular flexibility index (Phi) is 4.52. The fourth-order valence-electron chi connectivity index (χ4n) is 1.52. The molecule has 0 aliphatic heterocycles.